The van der Waals surface area contributed by atoms with E-state index in [9.17, 15) is 4.79 Å². The number of halogens is 1. The van der Waals surface area contributed by atoms with Gasteiger partial charge in [0.05, 0.1) is 27.7 Å². The maximum absolute atomic E-state index is 13.2. The van der Waals surface area contributed by atoms with Crippen molar-refractivity contribution in [2.24, 2.45) is 5.10 Å². The van der Waals surface area contributed by atoms with Gasteiger partial charge in [-0.05, 0) is 65.2 Å². The van der Waals surface area contributed by atoms with Crippen LogP contribution in [0.3, 0.4) is 0 Å². The standard InChI is InChI=1S/C25H22BrN3O2/c1-3-17(2)31-23-14-13-18(15-21(23)26)16-27-29-24(19-9-5-4-6-10-19)28-22-12-8-7-11-20(22)25(29)30/h4-17H,3H2,1-2H3/t17-/m1/s1. The van der Waals surface area contributed by atoms with Gasteiger partial charge in [0, 0.05) is 5.56 Å². The van der Waals surface area contributed by atoms with Crippen LogP contribution in [0.5, 0.6) is 5.75 Å². The molecule has 4 aromatic rings. The van der Waals surface area contributed by atoms with Crippen LogP contribution < -0.4 is 10.3 Å². The second-order valence-electron chi connectivity index (χ2n) is 7.21. The highest BCUT2D eigenvalue weighted by atomic mass is 79.9. The number of fused-ring (bicyclic) bond motifs is 1. The molecular weight excluding hydrogens is 454 g/mol. The van der Waals surface area contributed by atoms with Crippen LogP contribution in [0.25, 0.3) is 22.3 Å². The zero-order valence-electron chi connectivity index (χ0n) is 17.3. The number of benzene rings is 3. The van der Waals surface area contributed by atoms with E-state index in [-0.39, 0.29) is 11.7 Å². The second-order valence-corrected chi connectivity index (χ2v) is 8.06. The molecule has 4 rings (SSSR count). The largest absolute Gasteiger partial charge is 0.490 e. The average molecular weight is 476 g/mol. The zero-order valence-corrected chi connectivity index (χ0v) is 18.9. The average Bonchev–Trinajstić information content (AvgIpc) is 2.80. The molecule has 0 saturated heterocycles. The van der Waals surface area contributed by atoms with Gasteiger partial charge in [-0.1, -0.05) is 49.4 Å². The van der Waals surface area contributed by atoms with Gasteiger partial charge < -0.3 is 4.74 Å². The fourth-order valence-corrected chi connectivity index (χ4v) is 3.61. The molecule has 1 heterocycles. The molecule has 0 amide bonds. The van der Waals surface area contributed by atoms with Crippen molar-refractivity contribution in [2.75, 3.05) is 0 Å². The van der Waals surface area contributed by atoms with Crippen molar-refractivity contribution in [3.63, 3.8) is 0 Å². The predicted octanol–water partition coefficient (Wildman–Crippen LogP) is 5.89. The fraction of sp³-hybridized carbons (Fsp3) is 0.160. The molecular formula is C25H22BrN3O2. The Morgan fingerprint density at radius 1 is 1.10 bits per heavy atom. The first-order valence-corrected chi connectivity index (χ1v) is 10.9. The lowest BCUT2D eigenvalue weighted by Crippen LogP contribution is -2.20. The van der Waals surface area contributed by atoms with Gasteiger partial charge in [-0.15, -0.1) is 0 Å². The molecule has 0 aliphatic heterocycles. The fourth-order valence-electron chi connectivity index (χ4n) is 3.12. The number of para-hydroxylation sites is 1. The molecule has 0 saturated carbocycles. The maximum atomic E-state index is 13.2. The third-order valence-electron chi connectivity index (χ3n) is 4.97. The molecule has 1 aromatic heterocycles. The quantitative estimate of drug-likeness (QED) is 0.327. The Morgan fingerprint density at radius 2 is 1.84 bits per heavy atom. The van der Waals surface area contributed by atoms with Crippen molar-refractivity contribution < 1.29 is 4.74 Å². The molecule has 0 fully saturated rings. The summed E-state index contributed by atoms with van der Waals surface area (Å²) in [6.45, 7) is 4.12. The van der Waals surface area contributed by atoms with Crippen molar-refractivity contribution in [1.82, 2.24) is 9.66 Å². The van der Waals surface area contributed by atoms with Gasteiger partial charge in [-0.25, -0.2) is 4.98 Å². The number of aromatic nitrogens is 2. The normalized spacial score (nSPS) is 12.4. The molecule has 6 heteroatoms. The van der Waals surface area contributed by atoms with E-state index in [0.717, 1.165) is 27.8 Å². The topological polar surface area (TPSA) is 56.5 Å². The SMILES string of the molecule is CC[C@@H](C)Oc1ccc(C=Nn2c(-c3ccccc3)nc3ccccc3c2=O)cc1Br. The van der Waals surface area contributed by atoms with Crippen LogP contribution >= 0.6 is 15.9 Å². The van der Waals surface area contributed by atoms with E-state index in [1.165, 1.54) is 4.68 Å². The van der Waals surface area contributed by atoms with Crippen LogP contribution in [-0.2, 0) is 0 Å². The second kappa shape index (κ2) is 9.27. The molecule has 0 N–H and O–H groups in total. The van der Waals surface area contributed by atoms with Crippen LogP contribution in [0.1, 0.15) is 25.8 Å². The molecule has 5 nitrogen and oxygen atoms in total. The van der Waals surface area contributed by atoms with E-state index in [4.69, 9.17) is 9.72 Å². The van der Waals surface area contributed by atoms with E-state index in [1.807, 2.05) is 73.7 Å². The first-order valence-electron chi connectivity index (χ1n) is 10.1. The molecule has 0 spiro atoms. The number of ether oxygens (including phenoxy) is 1. The molecule has 0 aliphatic carbocycles. The summed E-state index contributed by atoms with van der Waals surface area (Å²) in [6.07, 6.45) is 2.71. The summed E-state index contributed by atoms with van der Waals surface area (Å²) >= 11 is 3.56. The lowest BCUT2D eigenvalue weighted by Gasteiger charge is -2.14. The van der Waals surface area contributed by atoms with Crippen molar-refractivity contribution in [1.29, 1.82) is 0 Å². The minimum atomic E-state index is -0.212. The summed E-state index contributed by atoms with van der Waals surface area (Å²) in [6, 6.07) is 22.6. The molecule has 0 unspecified atom stereocenters. The summed E-state index contributed by atoms with van der Waals surface area (Å²) in [4.78, 5) is 17.9. The van der Waals surface area contributed by atoms with Gasteiger partial charge in [0.15, 0.2) is 5.82 Å². The minimum Gasteiger partial charge on any atom is -0.490 e. The Kier molecular flexibility index (Phi) is 6.28. The Hall–Kier alpha value is -3.25. The van der Waals surface area contributed by atoms with E-state index in [1.54, 1.807) is 12.3 Å². The Bertz CT molecular complexity index is 1300. The van der Waals surface area contributed by atoms with Gasteiger partial charge in [0.2, 0.25) is 0 Å². The van der Waals surface area contributed by atoms with Gasteiger partial charge in [0.25, 0.3) is 5.56 Å². The van der Waals surface area contributed by atoms with Crippen molar-refractivity contribution in [3.05, 3.63) is 93.2 Å². The highest BCUT2D eigenvalue weighted by molar-refractivity contribution is 9.10. The third kappa shape index (κ3) is 4.59. The summed E-state index contributed by atoms with van der Waals surface area (Å²) < 4.78 is 8.09. The Morgan fingerprint density at radius 3 is 2.58 bits per heavy atom. The molecule has 1 atom stereocenters. The predicted molar refractivity (Wildman–Crippen MR) is 129 cm³/mol. The number of hydrogen-bond donors (Lipinski definition) is 0. The van der Waals surface area contributed by atoms with Crippen molar-refractivity contribution in [2.45, 2.75) is 26.4 Å². The summed E-state index contributed by atoms with van der Waals surface area (Å²) in [5.74, 6) is 1.28. The van der Waals surface area contributed by atoms with E-state index < -0.39 is 0 Å². The lowest BCUT2D eigenvalue weighted by molar-refractivity contribution is 0.216. The minimum absolute atomic E-state index is 0.131. The maximum Gasteiger partial charge on any atom is 0.282 e. The van der Waals surface area contributed by atoms with E-state index in [2.05, 4.69) is 28.0 Å². The molecule has 0 aliphatic rings. The monoisotopic (exact) mass is 475 g/mol. The summed E-state index contributed by atoms with van der Waals surface area (Å²) in [5.41, 5.74) is 2.09. The van der Waals surface area contributed by atoms with E-state index >= 15 is 0 Å². The summed E-state index contributed by atoms with van der Waals surface area (Å²) in [5, 5.41) is 5.03. The Balaban J connectivity index is 1.77. The first-order chi connectivity index (χ1) is 15.1. The van der Waals surface area contributed by atoms with Gasteiger partial charge in [0.1, 0.15) is 5.75 Å². The lowest BCUT2D eigenvalue weighted by atomic mass is 10.2. The number of rotatable bonds is 6. The first kappa shape index (κ1) is 21.0. The molecule has 0 bridgehead atoms. The van der Waals surface area contributed by atoms with E-state index in [0.29, 0.717) is 16.7 Å². The van der Waals surface area contributed by atoms with Crippen LogP contribution in [0, 0.1) is 0 Å². The number of hydrogen-bond acceptors (Lipinski definition) is 4. The highest BCUT2D eigenvalue weighted by Gasteiger charge is 2.12. The van der Waals surface area contributed by atoms with Crippen molar-refractivity contribution in [3.8, 4) is 17.1 Å². The molecule has 31 heavy (non-hydrogen) atoms. The van der Waals surface area contributed by atoms with Gasteiger partial charge in [-0.2, -0.15) is 9.78 Å². The molecule has 3 aromatic carbocycles. The van der Waals surface area contributed by atoms with Crippen molar-refractivity contribution >= 4 is 33.0 Å². The number of nitrogens with zero attached hydrogens (tertiary/aromatic N) is 3. The molecule has 0 radical (unpaired) electrons. The van der Waals surface area contributed by atoms with Crippen LogP contribution in [0.2, 0.25) is 0 Å². The Labute approximate surface area is 189 Å². The van der Waals surface area contributed by atoms with Gasteiger partial charge >= 0.3 is 0 Å². The summed E-state index contributed by atoms with van der Waals surface area (Å²) in [7, 11) is 0. The smallest absolute Gasteiger partial charge is 0.282 e. The van der Waals surface area contributed by atoms with Crippen LogP contribution in [0.4, 0.5) is 0 Å². The highest BCUT2D eigenvalue weighted by Crippen LogP contribution is 2.27. The van der Waals surface area contributed by atoms with Crippen LogP contribution in [0.15, 0.2) is 87.2 Å². The molecule has 156 valence electrons. The van der Waals surface area contributed by atoms with Gasteiger partial charge in [-0.3, -0.25) is 4.79 Å². The van der Waals surface area contributed by atoms with Crippen LogP contribution in [-0.4, -0.2) is 22.0 Å². The third-order valence-corrected chi connectivity index (χ3v) is 5.59. The zero-order chi connectivity index (χ0) is 21.8.